The van der Waals surface area contributed by atoms with Crippen LogP contribution in [0.15, 0.2) is 17.1 Å². The molecule has 0 radical (unpaired) electrons. The van der Waals surface area contributed by atoms with Gasteiger partial charge in [-0.2, -0.15) is 0 Å². The predicted octanol–water partition coefficient (Wildman–Crippen LogP) is 0.846. The van der Waals surface area contributed by atoms with Crippen LogP contribution < -0.4 is 5.43 Å². The summed E-state index contributed by atoms with van der Waals surface area (Å²) in [5.74, 6) is -0.147. The lowest BCUT2D eigenvalue weighted by atomic mass is 10.3. The smallest absolute Gasteiger partial charge is 0.223 e. The minimum absolute atomic E-state index is 0. The van der Waals surface area contributed by atoms with Gasteiger partial charge >= 0.3 is 0 Å². The van der Waals surface area contributed by atoms with Gasteiger partial charge in [-0.25, -0.2) is 0 Å². The maximum Gasteiger partial charge on any atom is 0.223 e. The van der Waals surface area contributed by atoms with Gasteiger partial charge in [0.25, 0.3) is 0 Å². The van der Waals surface area contributed by atoms with Crippen LogP contribution in [-0.4, -0.2) is 35.2 Å². The lowest BCUT2D eigenvalue weighted by Gasteiger charge is -2.14. The van der Waals surface area contributed by atoms with E-state index in [1.165, 1.54) is 6.07 Å². The Morgan fingerprint density at radius 1 is 1.47 bits per heavy atom. The monoisotopic (exact) mass is 232 g/mol. The molecule has 0 saturated carbocycles. The molecule has 1 aromatic heterocycles. The van der Waals surface area contributed by atoms with Crippen molar-refractivity contribution < 1.29 is 5.11 Å². The SMILES string of the molecule is Cc1c(O)c(=O)ccn1CCN(C)C.Cl. The number of likely N-dealkylation sites (N-methyl/N-ethyl adjacent to an activating group) is 1. The van der Waals surface area contributed by atoms with Crippen molar-refractivity contribution >= 4 is 12.4 Å². The van der Waals surface area contributed by atoms with Gasteiger partial charge in [-0.15, -0.1) is 12.4 Å². The lowest BCUT2D eigenvalue weighted by Crippen LogP contribution is -2.20. The Kier molecular flexibility index (Phi) is 5.39. The highest BCUT2D eigenvalue weighted by molar-refractivity contribution is 5.85. The van der Waals surface area contributed by atoms with E-state index >= 15 is 0 Å². The quantitative estimate of drug-likeness (QED) is 0.841. The van der Waals surface area contributed by atoms with Crippen molar-refractivity contribution in [1.29, 1.82) is 0 Å². The zero-order valence-corrected chi connectivity index (χ0v) is 10.0. The van der Waals surface area contributed by atoms with E-state index in [4.69, 9.17) is 0 Å². The minimum Gasteiger partial charge on any atom is -0.503 e. The van der Waals surface area contributed by atoms with Crippen LogP contribution in [0.1, 0.15) is 5.69 Å². The van der Waals surface area contributed by atoms with Gasteiger partial charge in [0.2, 0.25) is 5.43 Å². The third-order valence-electron chi connectivity index (χ3n) is 2.20. The Balaban J connectivity index is 0.00000196. The van der Waals surface area contributed by atoms with Gasteiger partial charge in [0.15, 0.2) is 5.75 Å². The van der Waals surface area contributed by atoms with E-state index < -0.39 is 0 Å². The minimum atomic E-state index is -0.316. The van der Waals surface area contributed by atoms with Crippen molar-refractivity contribution in [3.63, 3.8) is 0 Å². The molecule has 0 aromatic carbocycles. The first-order valence-corrected chi connectivity index (χ1v) is 4.56. The van der Waals surface area contributed by atoms with Crippen LogP contribution in [0.2, 0.25) is 0 Å². The molecule has 0 unspecified atom stereocenters. The van der Waals surface area contributed by atoms with E-state index in [0.29, 0.717) is 5.69 Å². The molecular formula is C10H17ClN2O2. The van der Waals surface area contributed by atoms with Gasteiger partial charge in [-0.3, -0.25) is 4.79 Å². The number of halogens is 1. The molecule has 1 heterocycles. The molecule has 0 spiro atoms. The van der Waals surface area contributed by atoms with E-state index in [2.05, 4.69) is 4.90 Å². The highest BCUT2D eigenvalue weighted by atomic mass is 35.5. The molecule has 0 aliphatic rings. The zero-order chi connectivity index (χ0) is 10.7. The summed E-state index contributed by atoms with van der Waals surface area (Å²) in [5.41, 5.74) is 0.308. The summed E-state index contributed by atoms with van der Waals surface area (Å²) in [6.45, 7) is 3.39. The van der Waals surface area contributed by atoms with E-state index in [9.17, 15) is 9.90 Å². The van der Waals surface area contributed by atoms with Crippen molar-refractivity contribution in [2.24, 2.45) is 0 Å². The van der Waals surface area contributed by atoms with E-state index in [1.807, 2.05) is 18.7 Å². The summed E-state index contributed by atoms with van der Waals surface area (Å²) in [6, 6.07) is 1.39. The highest BCUT2D eigenvalue weighted by Crippen LogP contribution is 2.08. The van der Waals surface area contributed by atoms with Crippen molar-refractivity contribution in [2.75, 3.05) is 20.6 Å². The molecule has 15 heavy (non-hydrogen) atoms. The molecule has 0 saturated heterocycles. The predicted molar refractivity (Wildman–Crippen MR) is 62.9 cm³/mol. The van der Waals surface area contributed by atoms with E-state index in [1.54, 1.807) is 13.1 Å². The summed E-state index contributed by atoms with van der Waals surface area (Å²) in [4.78, 5) is 13.1. The topological polar surface area (TPSA) is 45.5 Å². The number of hydrogen-bond acceptors (Lipinski definition) is 3. The number of rotatable bonds is 3. The van der Waals surface area contributed by atoms with Crippen LogP contribution in [-0.2, 0) is 6.54 Å². The highest BCUT2D eigenvalue weighted by Gasteiger charge is 2.04. The summed E-state index contributed by atoms with van der Waals surface area (Å²) >= 11 is 0. The van der Waals surface area contributed by atoms with Crippen molar-refractivity contribution in [3.05, 3.63) is 28.2 Å². The summed E-state index contributed by atoms with van der Waals surface area (Å²) in [7, 11) is 3.97. The van der Waals surface area contributed by atoms with Crippen LogP contribution in [0.25, 0.3) is 0 Å². The van der Waals surface area contributed by atoms with Crippen LogP contribution in [0, 0.1) is 6.92 Å². The third-order valence-corrected chi connectivity index (χ3v) is 2.20. The van der Waals surface area contributed by atoms with Gasteiger partial charge in [-0.1, -0.05) is 0 Å². The second kappa shape index (κ2) is 5.78. The van der Waals surface area contributed by atoms with Crippen LogP contribution in [0.3, 0.4) is 0 Å². The van der Waals surface area contributed by atoms with Gasteiger partial charge < -0.3 is 14.6 Å². The molecule has 0 atom stereocenters. The lowest BCUT2D eigenvalue weighted by molar-refractivity contribution is 0.376. The molecule has 0 aliphatic carbocycles. The molecule has 5 heteroatoms. The maximum atomic E-state index is 11.1. The van der Waals surface area contributed by atoms with Crippen LogP contribution in [0.4, 0.5) is 0 Å². The number of nitrogens with zero attached hydrogens (tertiary/aromatic N) is 2. The Bertz CT molecular complexity index is 374. The number of pyridine rings is 1. The molecular weight excluding hydrogens is 216 g/mol. The van der Waals surface area contributed by atoms with Gasteiger partial charge in [0.1, 0.15) is 0 Å². The first-order chi connectivity index (χ1) is 6.52. The fourth-order valence-electron chi connectivity index (χ4n) is 1.21. The van der Waals surface area contributed by atoms with Gasteiger partial charge in [0, 0.05) is 25.4 Å². The Morgan fingerprint density at radius 3 is 2.60 bits per heavy atom. The average Bonchev–Trinajstić information content (AvgIpc) is 2.13. The fourth-order valence-corrected chi connectivity index (χ4v) is 1.21. The average molecular weight is 233 g/mol. The molecule has 1 rings (SSSR count). The van der Waals surface area contributed by atoms with Gasteiger partial charge in [-0.05, 0) is 21.0 Å². The van der Waals surface area contributed by atoms with Crippen molar-refractivity contribution in [3.8, 4) is 5.75 Å². The summed E-state index contributed by atoms with van der Waals surface area (Å²) in [5, 5.41) is 9.41. The van der Waals surface area contributed by atoms with Gasteiger partial charge in [0.05, 0.1) is 5.69 Å². The largest absolute Gasteiger partial charge is 0.503 e. The summed E-state index contributed by atoms with van der Waals surface area (Å²) < 4.78 is 1.87. The molecule has 86 valence electrons. The number of aromatic hydroxyl groups is 1. The van der Waals surface area contributed by atoms with Crippen molar-refractivity contribution in [1.82, 2.24) is 9.47 Å². The fraction of sp³-hybridized carbons (Fsp3) is 0.500. The Morgan fingerprint density at radius 2 is 2.07 bits per heavy atom. The summed E-state index contributed by atoms with van der Waals surface area (Å²) in [6.07, 6.45) is 1.71. The molecule has 1 aromatic rings. The molecule has 0 fully saturated rings. The second-order valence-corrected chi connectivity index (χ2v) is 3.61. The Labute approximate surface area is 95.6 Å². The molecule has 4 nitrogen and oxygen atoms in total. The second-order valence-electron chi connectivity index (χ2n) is 3.61. The normalized spacial score (nSPS) is 10.1. The third kappa shape index (κ3) is 3.57. The standard InChI is InChI=1S/C10H16N2O2.ClH/c1-8-10(14)9(13)4-5-12(8)7-6-11(2)3;/h4-5,14H,6-7H2,1-3H3;1H. The zero-order valence-electron chi connectivity index (χ0n) is 9.23. The van der Waals surface area contributed by atoms with Crippen molar-refractivity contribution in [2.45, 2.75) is 13.5 Å². The van der Waals surface area contributed by atoms with Crippen LogP contribution >= 0.6 is 12.4 Å². The van der Waals surface area contributed by atoms with Crippen LogP contribution in [0.5, 0.6) is 5.75 Å². The Hall–Kier alpha value is -1.00. The van der Waals surface area contributed by atoms with E-state index in [-0.39, 0.29) is 23.6 Å². The first kappa shape index (κ1) is 14.0. The molecule has 0 amide bonds. The molecule has 1 N–H and O–H groups in total. The molecule has 0 aliphatic heterocycles. The van der Waals surface area contributed by atoms with E-state index in [0.717, 1.165) is 13.1 Å². The number of aromatic nitrogens is 1. The molecule has 0 bridgehead atoms. The maximum absolute atomic E-state index is 11.1. The number of hydrogen-bond donors (Lipinski definition) is 1. The first-order valence-electron chi connectivity index (χ1n) is 4.56.